The van der Waals surface area contributed by atoms with Crippen LogP contribution in [0.5, 0.6) is 0 Å². The third kappa shape index (κ3) is 4.19. The molecule has 1 saturated heterocycles. The zero-order valence-corrected chi connectivity index (χ0v) is 19.2. The van der Waals surface area contributed by atoms with Gasteiger partial charge >= 0.3 is 5.69 Å². The third-order valence-electron chi connectivity index (χ3n) is 5.62. The fraction of sp³-hybridized carbons (Fsp3) is 0.455. The lowest BCUT2D eigenvalue weighted by Crippen LogP contribution is -2.42. The fourth-order valence-corrected chi connectivity index (χ4v) is 4.98. The Bertz CT molecular complexity index is 1290. The molecule has 1 fully saturated rings. The van der Waals surface area contributed by atoms with Crippen LogP contribution in [-0.2, 0) is 11.3 Å². The summed E-state index contributed by atoms with van der Waals surface area (Å²) in [5.41, 5.74) is 0.278. The number of aryl methyl sites for hydroxylation is 1. The molecule has 8 nitrogen and oxygen atoms in total. The van der Waals surface area contributed by atoms with Crippen molar-refractivity contribution in [2.45, 2.75) is 52.6 Å². The minimum atomic E-state index is -0.584. The maximum Gasteiger partial charge on any atom is 0.333 e. The van der Waals surface area contributed by atoms with Gasteiger partial charge in [0, 0.05) is 24.8 Å². The normalized spacial score (nSPS) is 14.3. The van der Waals surface area contributed by atoms with E-state index in [1.54, 1.807) is 26.8 Å². The third-order valence-corrected chi connectivity index (χ3v) is 6.72. The van der Waals surface area contributed by atoms with E-state index < -0.39 is 23.0 Å². The number of hydrogen-bond donors (Lipinski definition) is 1. The lowest BCUT2D eigenvalue weighted by atomic mass is 10.1. The molecular formula is C22H26FN5O3S. The number of carbonyl (C=O) groups is 1. The van der Waals surface area contributed by atoms with E-state index in [-0.39, 0.29) is 18.2 Å². The summed E-state index contributed by atoms with van der Waals surface area (Å²) in [6.07, 6.45) is 3.26. The molecule has 4 rings (SSSR count). The Morgan fingerprint density at radius 2 is 1.94 bits per heavy atom. The van der Waals surface area contributed by atoms with Crippen molar-refractivity contribution in [3.05, 3.63) is 50.4 Å². The Kier molecular flexibility index (Phi) is 6.14. The highest BCUT2D eigenvalue weighted by Gasteiger charge is 2.23. The van der Waals surface area contributed by atoms with E-state index in [1.165, 1.54) is 28.0 Å². The van der Waals surface area contributed by atoms with Gasteiger partial charge in [-0.2, -0.15) is 0 Å². The second kappa shape index (κ2) is 8.85. The van der Waals surface area contributed by atoms with Gasteiger partial charge in [0.1, 0.15) is 17.1 Å². The molecule has 1 N–H and O–H groups in total. The number of nitrogens with one attached hydrogen (secondary N) is 1. The standard InChI is InChI=1S/C22H26FN5O3S/c1-13(2)28-20(30)18-19(25-21(32-18)26-9-5-4-6-10-26)27(22(28)31)12-17(29)24-16-11-15(23)8-7-14(16)3/h7-8,11,13H,4-6,9-10,12H2,1-3H3,(H,24,29). The number of thiazole rings is 1. The van der Waals surface area contributed by atoms with Crippen LogP contribution in [0.2, 0.25) is 0 Å². The summed E-state index contributed by atoms with van der Waals surface area (Å²) in [5.74, 6) is -0.965. The average Bonchev–Trinajstić information content (AvgIpc) is 3.20. The molecule has 3 heterocycles. The molecule has 170 valence electrons. The van der Waals surface area contributed by atoms with Crippen molar-refractivity contribution in [2.24, 2.45) is 0 Å². The maximum absolute atomic E-state index is 13.6. The molecule has 0 atom stereocenters. The van der Waals surface area contributed by atoms with Gasteiger partial charge in [-0.15, -0.1) is 0 Å². The van der Waals surface area contributed by atoms with Crippen LogP contribution in [0.25, 0.3) is 10.3 Å². The van der Waals surface area contributed by atoms with Gasteiger partial charge in [-0.25, -0.2) is 14.2 Å². The van der Waals surface area contributed by atoms with Crippen LogP contribution < -0.4 is 21.5 Å². The molecular weight excluding hydrogens is 433 g/mol. The van der Waals surface area contributed by atoms with Crippen LogP contribution in [0.15, 0.2) is 27.8 Å². The number of fused-ring (bicyclic) bond motifs is 1. The fourth-order valence-electron chi connectivity index (χ4n) is 3.92. The van der Waals surface area contributed by atoms with Crippen molar-refractivity contribution < 1.29 is 9.18 Å². The van der Waals surface area contributed by atoms with Crippen LogP contribution in [0, 0.1) is 12.7 Å². The van der Waals surface area contributed by atoms with Crippen molar-refractivity contribution in [1.29, 1.82) is 0 Å². The quantitative estimate of drug-likeness (QED) is 0.633. The van der Waals surface area contributed by atoms with Gasteiger partial charge in [0.2, 0.25) is 5.91 Å². The molecule has 0 saturated carbocycles. The topological polar surface area (TPSA) is 89.2 Å². The average molecular weight is 460 g/mol. The lowest BCUT2D eigenvalue weighted by molar-refractivity contribution is -0.116. The van der Waals surface area contributed by atoms with Crippen LogP contribution in [0.4, 0.5) is 15.2 Å². The van der Waals surface area contributed by atoms with E-state index in [2.05, 4.69) is 15.2 Å². The summed E-state index contributed by atoms with van der Waals surface area (Å²) in [6.45, 7) is 6.62. The molecule has 3 aromatic rings. The van der Waals surface area contributed by atoms with Crippen LogP contribution in [0.1, 0.15) is 44.7 Å². The summed E-state index contributed by atoms with van der Waals surface area (Å²) in [4.78, 5) is 45.8. The Hall–Kier alpha value is -3.01. The number of nitrogens with zero attached hydrogens (tertiary/aromatic N) is 4. The number of benzene rings is 1. The first-order valence-electron chi connectivity index (χ1n) is 10.7. The van der Waals surface area contributed by atoms with Crippen molar-refractivity contribution in [1.82, 2.24) is 14.1 Å². The molecule has 1 amide bonds. The lowest BCUT2D eigenvalue weighted by Gasteiger charge is -2.25. The molecule has 1 aliphatic rings. The van der Waals surface area contributed by atoms with Gasteiger partial charge in [0.05, 0.1) is 0 Å². The van der Waals surface area contributed by atoms with Crippen molar-refractivity contribution >= 4 is 38.4 Å². The monoisotopic (exact) mass is 459 g/mol. The minimum Gasteiger partial charge on any atom is -0.348 e. The minimum absolute atomic E-state index is 0.216. The van der Waals surface area contributed by atoms with Crippen molar-refractivity contribution in [3.63, 3.8) is 0 Å². The smallest absolute Gasteiger partial charge is 0.333 e. The highest BCUT2D eigenvalue weighted by Crippen LogP contribution is 2.28. The van der Waals surface area contributed by atoms with Gasteiger partial charge in [0.25, 0.3) is 5.56 Å². The van der Waals surface area contributed by atoms with Gasteiger partial charge in [-0.3, -0.25) is 18.7 Å². The predicted octanol–water partition coefficient (Wildman–Crippen LogP) is 3.28. The first-order chi connectivity index (χ1) is 15.3. The Balaban J connectivity index is 1.77. The summed E-state index contributed by atoms with van der Waals surface area (Å²) < 4.78 is 16.4. The van der Waals surface area contributed by atoms with Gasteiger partial charge in [0.15, 0.2) is 10.8 Å². The summed E-state index contributed by atoms with van der Waals surface area (Å²) >= 11 is 1.26. The van der Waals surface area contributed by atoms with E-state index in [0.29, 0.717) is 21.1 Å². The second-order valence-electron chi connectivity index (χ2n) is 8.34. The molecule has 0 spiro atoms. The second-order valence-corrected chi connectivity index (χ2v) is 9.32. The number of carbonyl (C=O) groups excluding carboxylic acids is 1. The van der Waals surface area contributed by atoms with Crippen LogP contribution >= 0.6 is 11.3 Å². The molecule has 0 aliphatic carbocycles. The summed E-state index contributed by atoms with van der Waals surface area (Å²) in [7, 11) is 0. The van der Waals surface area contributed by atoms with Crippen LogP contribution in [-0.4, -0.2) is 33.1 Å². The van der Waals surface area contributed by atoms with Crippen molar-refractivity contribution in [3.8, 4) is 0 Å². The highest BCUT2D eigenvalue weighted by atomic mass is 32.1. The maximum atomic E-state index is 13.6. The predicted molar refractivity (Wildman–Crippen MR) is 124 cm³/mol. The Morgan fingerprint density at radius 3 is 2.62 bits per heavy atom. The number of piperidine rings is 1. The number of aromatic nitrogens is 3. The molecule has 1 aliphatic heterocycles. The zero-order chi connectivity index (χ0) is 23.0. The van der Waals surface area contributed by atoms with E-state index in [4.69, 9.17) is 0 Å². The summed E-state index contributed by atoms with van der Waals surface area (Å²) in [5, 5.41) is 3.35. The number of amides is 1. The van der Waals surface area contributed by atoms with E-state index in [9.17, 15) is 18.8 Å². The van der Waals surface area contributed by atoms with Gasteiger partial charge < -0.3 is 10.2 Å². The molecule has 0 radical (unpaired) electrons. The van der Waals surface area contributed by atoms with Gasteiger partial charge in [-0.05, 0) is 57.7 Å². The van der Waals surface area contributed by atoms with E-state index in [0.717, 1.165) is 36.9 Å². The largest absolute Gasteiger partial charge is 0.348 e. The molecule has 1 aromatic carbocycles. The number of halogens is 1. The number of hydrogen-bond acceptors (Lipinski definition) is 6. The highest BCUT2D eigenvalue weighted by molar-refractivity contribution is 7.22. The molecule has 10 heteroatoms. The molecule has 0 unspecified atom stereocenters. The molecule has 0 bridgehead atoms. The zero-order valence-electron chi connectivity index (χ0n) is 18.4. The van der Waals surface area contributed by atoms with Crippen molar-refractivity contribution in [2.75, 3.05) is 23.3 Å². The summed E-state index contributed by atoms with van der Waals surface area (Å²) in [6, 6.07) is 3.74. The molecule has 2 aromatic heterocycles. The van der Waals surface area contributed by atoms with E-state index >= 15 is 0 Å². The number of anilines is 2. The molecule has 32 heavy (non-hydrogen) atoms. The SMILES string of the molecule is Cc1ccc(F)cc1NC(=O)Cn1c(=O)n(C(C)C)c(=O)c2sc(N3CCCCC3)nc21. The Labute approximate surface area is 188 Å². The van der Waals surface area contributed by atoms with Gasteiger partial charge in [-0.1, -0.05) is 17.4 Å². The Morgan fingerprint density at radius 1 is 1.22 bits per heavy atom. The van der Waals surface area contributed by atoms with Crippen LogP contribution in [0.3, 0.4) is 0 Å². The first kappa shape index (κ1) is 22.2. The first-order valence-corrected chi connectivity index (χ1v) is 11.5. The van der Waals surface area contributed by atoms with E-state index in [1.807, 2.05) is 0 Å². The number of rotatable bonds is 5.